The smallest absolute Gasteiger partial charge is 0.191 e. The molecule has 1 aromatic carbocycles. The highest BCUT2D eigenvalue weighted by atomic mass is 15.2. The quantitative estimate of drug-likeness (QED) is 0.648. The molecule has 0 radical (unpaired) electrons. The van der Waals surface area contributed by atoms with Gasteiger partial charge in [-0.2, -0.15) is 0 Å². The van der Waals surface area contributed by atoms with Gasteiger partial charge in [0.1, 0.15) is 0 Å². The van der Waals surface area contributed by atoms with E-state index < -0.39 is 0 Å². The van der Waals surface area contributed by atoms with Crippen molar-refractivity contribution >= 4 is 5.96 Å². The second-order valence-electron chi connectivity index (χ2n) is 7.00. The largest absolute Gasteiger partial charge is 0.353 e. The van der Waals surface area contributed by atoms with Gasteiger partial charge in [0.25, 0.3) is 0 Å². The summed E-state index contributed by atoms with van der Waals surface area (Å²) in [6, 6.07) is 9.39. The molecule has 0 bridgehead atoms. The van der Waals surface area contributed by atoms with Gasteiger partial charge in [0.2, 0.25) is 0 Å². The molecule has 0 aromatic heterocycles. The Kier molecular flexibility index (Phi) is 5.55. The number of likely N-dealkylation sites (tertiary alicyclic amines) is 1. The Hall–Kier alpha value is -1.55. The summed E-state index contributed by atoms with van der Waals surface area (Å²) in [4.78, 5) is 6.93. The van der Waals surface area contributed by atoms with E-state index in [1.54, 1.807) is 0 Å². The third-order valence-electron chi connectivity index (χ3n) is 5.06. The normalized spacial score (nSPS) is 25.2. The van der Waals surface area contributed by atoms with Crippen LogP contribution in [0, 0.1) is 5.92 Å². The van der Waals surface area contributed by atoms with Crippen LogP contribution in [0.2, 0.25) is 0 Å². The van der Waals surface area contributed by atoms with Crippen molar-refractivity contribution in [1.29, 1.82) is 0 Å². The lowest BCUT2D eigenvalue weighted by molar-refractivity contribution is 0.220. The van der Waals surface area contributed by atoms with Gasteiger partial charge in [0.15, 0.2) is 5.96 Å². The second-order valence-corrected chi connectivity index (χ2v) is 7.00. The summed E-state index contributed by atoms with van der Waals surface area (Å²) in [7, 11) is 1.85. The monoisotopic (exact) mass is 314 g/mol. The molecule has 1 heterocycles. The van der Waals surface area contributed by atoms with E-state index in [1.807, 2.05) is 7.05 Å². The Morgan fingerprint density at radius 1 is 1.17 bits per heavy atom. The van der Waals surface area contributed by atoms with Gasteiger partial charge in [-0.1, -0.05) is 37.6 Å². The van der Waals surface area contributed by atoms with E-state index >= 15 is 0 Å². The van der Waals surface area contributed by atoms with E-state index in [0.29, 0.717) is 6.04 Å². The number of piperidine rings is 1. The fourth-order valence-electron chi connectivity index (χ4n) is 3.31. The number of nitrogens with one attached hydrogen (secondary N) is 2. The lowest BCUT2D eigenvalue weighted by atomic mass is 10.0. The molecule has 3 rings (SSSR count). The molecular weight excluding hydrogens is 284 g/mol. The highest BCUT2D eigenvalue weighted by Gasteiger charge is 2.33. The Morgan fingerprint density at radius 2 is 1.87 bits per heavy atom. The molecule has 4 heteroatoms. The molecule has 2 N–H and O–H groups in total. The summed E-state index contributed by atoms with van der Waals surface area (Å²) in [5.41, 5.74) is 2.82. The molecule has 1 aliphatic carbocycles. The summed E-state index contributed by atoms with van der Waals surface area (Å²) in [6.45, 7) is 6.67. The first-order valence-corrected chi connectivity index (χ1v) is 9.02. The van der Waals surface area contributed by atoms with Crippen molar-refractivity contribution in [3.63, 3.8) is 0 Å². The van der Waals surface area contributed by atoms with Crippen LogP contribution in [0.25, 0.3) is 0 Å². The van der Waals surface area contributed by atoms with Crippen molar-refractivity contribution in [3.8, 4) is 0 Å². The lowest BCUT2D eigenvalue weighted by Crippen LogP contribution is -2.39. The zero-order valence-corrected chi connectivity index (χ0v) is 14.5. The van der Waals surface area contributed by atoms with Crippen LogP contribution in [0.5, 0.6) is 0 Å². The number of rotatable bonds is 5. The summed E-state index contributed by atoms with van der Waals surface area (Å²) in [5.74, 6) is 1.70. The van der Waals surface area contributed by atoms with Crippen LogP contribution in [0.3, 0.4) is 0 Å². The van der Waals surface area contributed by atoms with Crippen molar-refractivity contribution in [1.82, 2.24) is 15.5 Å². The van der Waals surface area contributed by atoms with Crippen molar-refractivity contribution < 1.29 is 0 Å². The topological polar surface area (TPSA) is 39.7 Å². The SMILES string of the molecule is CN=C(NCc1ccccc1CN1CCCCC1)NC1CC1C. The minimum atomic E-state index is 0.602. The minimum absolute atomic E-state index is 0.602. The number of benzene rings is 1. The first-order valence-electron chi connectivity index (χ1n) is 9.02. The molecule has 1 aromatic rings. The standard InChI is InChI=1S/C19H30N4/c1-15-12-18(15)22-19(20-2)21-13-16-8-4-5-9-17(16)14-23-10-6-3-7-11-23/h4-5,8-9,15,18H,3,6-7,10-14H2,1-2H3,(H2,20,21,22). The molecule has 0 amide bonds. The van der Waals surface area contributed by atoms with Crippen molar-refractivity contribution in [2.75, 3.05) is 20.1 Å². The molecule has 23 heavy (non-hydrogen) atoms. The molecule has 4 nitrogen and oxygen atoms in total. The van der Waals surface area contributed by atoms with E-state index in [0.717, 1.165) is 25.0 Å². The van der Waals surface area contributed by atoms with Gasteiger partial charge < -0.3 is 10.6 Å². The average Bonchev–Trinajstić information content (AvgIpc) is 3.28. The maximum absolute atomic E-state index is 4.35. The fraction of sp³-hybridized carbons (Fsp3) is 0.632. The van der Waals surface area contributed by atoms with Crippen molar-refractivity contribution in [2.24, 2.45) is 10.9 Å². The molecule has 2 fully saturated rings. The van der Waals surface area contributed by atoms with Crippen LogP contribution in [-0.2, 0) is 13.1 Å². The van der Waals surface area contributed by atoms with Crippen molar-refractivity contribution in [3.05, 3.63) is 35.4 Å². The van der Waals surface area contributed by atoms with Crippen LogP contribution >= 0.6 is 0 Å². The van der Waals surface area contributed by atoms with Crippen LogP contribution in [0.4, 0.5) is 0 Å². The van der Waals surface area contributed by atoms with E-state index in [4.69, 9.17) is 0 Å². The molecular formula is C19H30N4. The van der Waals surface area contributed by atoms with E-state index in [1.165, 1.54) is 49.9 Å². The predicted octanol–water partition coefficient (Wildman–Crippen LogP) is 2.75. The summed E-state index contributed by atoms with van der Waals surface area (Å²) >= 11 is 0. The molecule has 2 atom stereocenters. The van der Waals surface area contributed by atoms with E-state index in [-0.39, 0.29) is 0 Å². The third-order valence-corrected chi connectivity index (χ3v) is 5.06. The lowest BCUT2D eigenvalue weighted by Gasteiger charge is -2.27. The Labute approximate surface area is 140 Å². The molecule has 2 aliphatic rings. The zero-order valence-electron chi connectivity index (χ0n) is 14.5. The molecule has 126 valence electrons. The molecule has 2 unspecified atom stereocenters. The van der Waals surface area contributed by atoms with Crippen molar-refractivity contribution in [2.45, 2.75) is 51.7 Å². The zero-order chi connectivity index (χ0) is 16.1. The number of guanidine groups is 1. The van der Waals surface area contributed by atoms with Gasteiger partial charge in [0, 0.05) is 26.2 Å². The van der Waals surface area contributed by atoms with Gasteiger partial charge in [-0.15, -0.1) is 0 Å². The number of hydrogen-bond donors (Lipinski definition) is 2. The predicted molar refractivity (Wildman–Crippen MR) is 96.5 cm³/mol. The first kappa shape index (κ1) is 16.3. The van der Waals surface area contributed by atoms with Gasteiger partial charge in [-0.05, 0) is 49.4 Å². The summed E-state index contributed by atoms with van der Waals surface area (Å²) in [5, 5.41) is 6.97. The minimum Gasteiger partial charge on any atom is -0.353 e. The van der Waals surface area contributed by atoms with Gasteiger partial charge in [-0.3, -0.25) is 9.89 Å². The number of aliphatic imine (C=N–C) groups is 1. The molecule has 1 saturated carbocycles. The molecule has 0 spiro atoms. The highest BCUT2D eigenvalue weighted by molar-refractivity contribution is 5.80. The van der Waals surface area contributed by atoms with Gasteiger partial charge in [0.05, 0.1) is 0 Å². The molecule has 1 saturated heterocycles. The Morgan fingerprint density at radius 3 is 2.52 bits per heavy atom. The van der Waals surface area contributed by atoms with Gasteiger partial charge in [-0.25, -0.2) is 0 Å². The van der Waals surface area contributed by atoms with E-state index in [9.17, 15) is 0 Å². The Balaban J connectivity index is 1.56. The second kappa shape index (κ2) is 7.82. The highest BCUT2D eigenvalue weighted by Crippen LogP contribution is 2.28. The maximum Gasteiger partial charge on any atom is 0.191 e. The van der Waals surface area contributed by atoms with Crippen LogP contribution in [-0.4, -0.2) is 37.0 Å². The summed E-state index contributed by atoms with van der Waals surface area (Å²) in [6.07, 6.45) is 5.33. The first-order chi connectivity index (χ1) is 11.3. The van der Waals surface area contributed by atoms with E-state index in [2.05, 4.69) is 51.7 Å². The van der Waals surface area contributed by atoms with Gasteiger partial charge >= 0.3 is 0 Å². The Bertz CT molecular complexity index is 534. The number of hydrogen-bond acceptors (Lipinski definition) is 2. The average molecular weight is 314 g/mol. The van der Waals surface area contributed by atoms with Crippen LogP contribution in [0.1, 0.15) is 43.7 Å². The fourth-order valence-corrected chi connectivity index (χ4v) is 3.31. The number of nitrogens with zero attached hydrogens (tertiary/aromatic N) is 2. The summed E-state index contributed by atoms with van der Waals surface area (Å²) < 4.78 is 0. The molecule has 1 aliphatic heterocycles. The van der Waals surface area contributed by atoms with Crippen LogP contribution in [0.15, 0.2) is 29.3 Å². The maximum atomic E-state index is 4.35. The van der Waals surface area contributed by atoms with Crippen LogP contribution < -0.4 is 10.6 Å². The third kappa shape index (κ3) is 4.71.